The molecule has 2 aliphatic heterocycles. The fourth-order valence-electron chi connectivity index (χ4n) is 1.74. The molecule has 2 aliphatic rings. The highest BCUT2D eigenvalue weighted by Gasteiger charge is 2.12. The lowest BCUT2D eigenvalue weighted by molar-refractivity contribution is 0.440. The molecule has 92 valence electrons. The molecule has 2 heterocycles. The summed E-state index contributed by atoms with van der Waals surface area (Å²) >= 11 is 0. The molecule has 0 aliphatic carbocycles. The third-order valence-electron chi connectivity index (χ3n) is 2.82. The summed E-state index contributed by atoms with van der Waals surface area (Å²) in [6.45, 7) is 2.03. The van der Waals surface area contributed by atoms with E-state index in [2.05, 4.69) is 21.9 Å². The molecule has 19 heavy (non-hydrogen) atoms. The van der Waals surface area contributed by atoms with Crippen molar-refractivity contribution >= 4 is 0 Å². The van der Waals surface area contributed by atoms with Crippen LogP contribution in [0.4, 0.5) is 0 Å². The smallest absolute Gasteiger partial charge is 0.215 e. The minimum atomic E-state index is 0.0575. The maximum Gasteiger partial charge on any atom is 0.215 e. The van der Waals surface area contributed by atoms with Gasteiger partial charge in [0.05, 0.1) is 5.56 Å². The summed E-state index contributed by atoms with van der Waals surface area (Å²) in [6.07, 6.45) is 3.07. The van der Waals surface area contributed by atoms with E-state index in [0.29, 0.717) is 11.4 Å². The lowest BCUT2D eigenvalue weighted by Gasteiger charge is -2.04. The molecular weight excluding hydrogens is 238 g/mol. The van der Waals surface area contributed by atoms with Crippen LogP contribution in [0.2, 0.25) is 0 Å². The Morgan fingerprint density at radius 1 is 1.11 bits per heavy atom. The zero-order valence-corrected chi connectivity index (χ0v) is 10.3. The number of aromatic hydroxyl groups is 1. The van der Waals surface area contributed by atoms with Crippen molar-refractivity contribution in [3.05, 3.63) is 54.0 Å². The van der Waals surface area contributed by atoms with Crippen LogP contribution in [0.5, 0.6) is 5.88 Å². The van der Waals surface area contributed by atoms with E-state index >= 15 is 0 Å². The van der Waals surface area contributed by atoms with Gasteiger partial charge in [-0.05, 0) is 31.0 Å². The highest BCUT2D eigenvalue weighted by Crippen LogP contribution is 2.26. The van der Waals surface area contributed by atoms with Crippen molar-refractivity contribution < 1.29 is 5.11 Å². The molecule has 4 heteroatoms. The van der Waals surface area contributed by atoms with E-state index in [9.17, 15) is 5.11 Å². The second-order valence-electron chi connectivity index (χ2n) is 4.22. The van der Waals surface area contributed by atoms with Crippen LogP contribution in [0.1, 0.15) is 11.1 Å². The summed E-state index contributed by atoms with van der Waals surface area (Å²) in [5, 5.41) is 10.0. The average molecular weight is 249 g/mol. The topological polar surface area (TPSA) is 50.9 Å². The maximum absolute atomic E-state index is 10.0. The number of aryl methyl sites for hydroxylation is 1. The molecule has 4 nitrogen and oxygen atoms in total. The molecule has 0 aromatic heterocycles. The third kappa shape index (κ3) is 2.14. The van der Waals surface area contributed by atoms with Crippen LogP contribution in [-0.2, 0) is 0 Å². The predicted octanol–water partition coefficient (Wildman–Crippen LogP) is 2.25. The van der Waals surface area contributed by atoms with Crippen molar-refractivity contribution in [1.29, 1.82) is 0 Å². The van der Waals surface area contributed by atoms with Crippen LogP contribution in [-0.4, -0.2) is 19.6 Å². The minimum absolute atomic E-state index is 0.0575. The predicted molar refractivity (Wildman–Crippen MR) is 71.8 cm³/mol. The van der Waals surface area contributed by atoms with Crippen LogP contribution < -0.4 is 0 Å². The lowest BCUT2D eigenvalue weighted by Crippen LogP contribution is -1.97. The molecule has 3 rings (SSSR count). The van der Waals surface area contributed by atoms with Crippen LogP contribution >= 0.6 is 0 Å². The Morgan fingerprint density at radius 2 is 1.89 bits per heavy atom. The van der Waals surface area contributed by atoms with Crippen LogP contribution in [0.3, 0.4) is 0 Å². The molecule has 0 saturated carbocycles. The fourth-order valence-corrected chi connectivity index (χ4v) is 1.74. The second-order valence-corrected chi connectivity index (χ2v) is 4.22. The van der Waals surface area contributed by atoms with E-state index in [-0.39, 0.29) is 5.88 Å². The Bertz CT molecular complexity index is 747. The van der Waals surface area contributed by atoms with E-state index in [1.165, 1.54) is 16.5 Å². The summed E-state index contributed by atoms with van der Waals surface area (Å²) in [5.74, 6) is 3.56. The van der Waals surface area contributed by atoms with Gasteiger partial charge in [-0.15, -0.1) is 0 Å². The molecule has 1 N–H and O–H groups in total. The Balaban J connectivity index is 2.00. The zero-order valence-electron chi connectivity index (χ0n) is 10.3. The van der Waals surface area contributed by atoms with Crippen molar-refractivity contribution in [3.8, 4) is 29.2 Å². The lowest BCUT2D eigenvalue weighted by atomic mass is 10.2. The summed E-state index contributed by atoms with van der Waals surface area (Å²) in [5.41, 5.74) is 2.67. The van der Waals surface area contributed by atoms with E-state index < -0.39 is 0 Å². The Hall–Kier alpha value is -2.80. The molecule has 0 fully saturated rings. The van der Waals surface area contributed by atoms with Gasteiger partial charge in [0, 0.05) is 17.8 Å². The average Bonchev–Trinajstić information content (AvgIpc) is 2.89. The first kappa shape index (κ1) is 11.3. The molecule has 0 unspecified atom stereocenters. The van der Waals surface area contributed by atoms with E-state index in [1.54, 1.807) is 12.3 Å². The number of hydrogen-bond donors (Lipinski definition) is 1. The molecule has 0 atom stereocenters. The van der Waals surface area contributed by atoms with Gasteiger partial charge in [-0.3, -0.25) is 0 Å². The molecule has 0 radical (unpaired) electrons. The van der Waals surface area contributed by atoms with Crippen molar-refractivity contribution in [2.75, 3.05) is 0 Å². The molecule has 0 amide bonds. The van der Waals surface area contributed by atoms with E-state index in [1.807, 2.05) is 31.2 Å². The maximum atomic E-state index is 10.0. The Labute approximate surface area is 110 Å². The minimum Gasteiger partial charge on any atom is -0.493 e. The standard InChI is InChI=1S/C15H11N3O/c1-11-2-4-12(5-3-11)7-9-18-10-17-14-13(15(18)19)6-8-16-14/h2-6,8,10,19H,1H3. The van der Waals surface area contributed by atoms with Gasteiger partial charge < -0.3 is 5.11 Å². The third-order valence-corrected chi connectivity index (χ3v) is 2.82. The van der Waals surface area contributed by atoms with Crippen LogP contribution in [0.25, 0.3) is 11.4 Å². The van der Waals surface area contributed by atoms with E-state index in [0.717, 1.165) is 5.56 Å². The molecule has 1 aromatic rings. The van der Waals surface area contributed by atoms with E-state index in [4.69, 9.17) is 0 Å². The van der Waals surface area contributed by atoms with Crippen molar-refractivity contribution in [3.63, 3.8) is 0 Å². The highest BCUT2D eigenvalue weighted by atomic mass is 16.3. The van der Waals surface area contributed by atoms with Gasteiger partial charge in [-0.2, -0.15) is 0 Å². The largest absolute Gasteiger partial charge is 0.493 e. The van der Waals surface area contributed by atoms with Gasteiger partial charge in [0.2, 0.25) is 5.88 Å². The summed E-state index contributed by atoms with van der Waals surface area (Å²) in [4.78, 5) is 8.13. The van der Waals surface area contributed by atoms with Crippen molar-refractivity contribution in [1.82, 2.24) is 14.5 Å². The number of nitrogens with zero attached hydrogens (tertiary/aromatic N) is 3. The summed E-state index contributed by atoms with van der Waals surface area (Å²) in [6, 6.07) is 12.4. The van der Waals surface area contributed by atoms with Crippen LogP contribution in [0, 0.1) is 18.9 Å². The van der Waals surface area contributed by atoms with Gasteiger partial charge in [0.15, 0.2) is 5.82 Å². The van der Waals surface area contributed by atoms with Gasteiger partial charge in [-0.25, -0.2) is 14.5 Å². The Morgan fingerprint density at radius 3 is 2.68 bits per heavy atom. The molecule has 1 aromatic carbocycles. The molecule has 0 spiro atoms. The number of fused-ring (bicyclic) bond motifs is 1. The summed E-state index contributed by atoms with van der Waals surface area (Å²) in [7, 11) is 0. The molecule has 0 bridgehead atoms. The SMILES string of the molecule is Cc1ccc(C#Cn2cnc3nccc-3c2O)cc1. The zero-order chi connectivity index (χ0) is 13.2. The summed E-state index contributed by atoms with van der Waals surface area (Å²) < 4.78 is 1.39. The second kappa shape index (κ2) is 4.46. The monoisotopic (exact) mass is 249 g/mol. The number of hydrogen-bond acceptors (Lipinski definition) is 3. The van der Waals surface area contributed by atoms with Crippen molar-refractivity contribution in [2.45, 2.75) is 6.92 Å². The number of aromatic nitrogens is 3. The Kier molecular flexibility index (Phi) is 2.66. The number of benzene rings is 1. The van der Waals surface area contributed by atoms with Crippen molar-refractivity contribution in [2.24, 2.45) is 0 Å². The van der Waals surface area contributed by atoms with Gasteiger partial charge >= 0.3 is 0 Å². The van der Waals surface area contributed by atoms with Gasteiger partial charge in [-0.1, -0.05) is 17.7 Å². The quantitative estimate of drug-likeness (QED) is 0.622. The first-order valence-corrected chi connectivity index (χ1v) is 5.84. The highest BCUT2D eigenvalue weighted by molar-refractivity contribution is 5.63. The number of rotatable bonds is 0. The molecule has 0 saturated heterocycles. The fraction of sp³-hybridized carbons (Fsp3) is 0.0667. The van der Waals surface area contributed by atoms with Crippen LogP contribution in [0.15, 0.2) is 42.9 Å². The van der Waals surface area contributed by atoms with Gasteiger partial charge in [0.25, 0.3) is 0 Å². The first-order valence-electron chi connectivity index (χ1n) is 5.84. The first-order chi connectivity index (χ1) is 9.24. The normalized spacial score (nSPS) is 10.2. The molecular formula is C15H11N3O. The van der Waals surface area contributed by atoms with Gasteiger partial charge in [0.1, 0.15) is 6.33 Å².